The van der Waals surface area contributed by atoms with Crippen molar-refractivity contribution in [1.82, 2.24) is 0 Å². The molecule has 5 heteroatoms. The van der Waals surface area contributed by atoms with Crippen LogP contribution in [0.5, 0.6) is 0 Å². The molecule has 0 spiro atoms. The Morgan fingerprint density at radius 2 is 2.29 bits per heavy atom. The predicted molar refractivity (Wildman–Crippen MR) is 47.1 cm³/mol. The van der Waals surface area contributed by atoms with Gasteiger partial charge in [-0.05, 0) is 18.1 Å². The average molecular weight is 194 g/mol. The van der Waals surface area contributed by atoms with Gasteiger partial charge in [-0.25, -0.2) is 0 Å². The molecule has 0 heterocycles. The summed E-state index contributed by atoms with van der Waals surface area (Å²) < 4.78 is 13.3. The van der Waals surface area contributed by atoms with E-state index in [1.165, 1.54) is 13.0 Å². The van der Waals surface area contributed by atoms with Crippen molar-refractivity contribution in [2.75, 3.05) is 0 Å². The summed E-state index contributed by atoms with van der Waals surface area (Å²) in [6.45, 7) is 1.43. The van der Waals surface area contributed by atoms with Gasteiger partial charge in [0.05, 0.1) is 17.4 Å². The molecule has 1 aromatic carbocycles. The van der Waals surface area contributed by atoms with Crippen molar-refractivity contribution in [3.05, 3.63) is 39.2 Å². The van der Waals surface area contributed by atoms with Crippen LogP contribution in [-0.4, -0.2) is 4.92 Å². The highest BCUT2D eigenvalue weighted by Crippen LogP contribution is 2.23. The van der Waals surface area contributed by atoms with Crippen LogP contribution in [0.4, 0.5) is 10.1 Å². The fourth-order valence-corrected chi connectivity index (χ4v) is 1.13. The Labute approximate surface area is 79.7 Å². The molecule has 0 aliphatic carbocycles. The summed E-state index contributed by atoms with van der Waals surface area (Å²) in [4.78, 5) is 9.56. The van der Waals surface area contributed by atoms with Crippen LogP contribution in [0.15, 0.2) is 12.1 Å². The predicted octanol–water partition coefficient (Wildman–Crippen LogP) is 2.11. The van der Waals surface area contributed by atoms with Gasteiger partial charge in [0, 0.05) is 6.07 Å². The Hall–Kier alpha value is -1.96. The van der Waals surface area contributed by atoms with E-state index in [1.807, 2.05) is 6.07 Å². The van der Waals surface area contributed by atoms with Gasteiger partial charge < -0.3 is 0 Å². The molecular formula is C9H7FN2O2. The van der Waals surface area contributed by atoms with Gasteiger partial charge in [0.25, 0.3) is 0 Å². The van der Waals surface area contributed by atoms with Crippen molar-refractivity contribution >= 4 is 5.69 Å². The molecule has 0 unspecified atom stereocenters. The maximum atomic E-state index is 13.3. The summed E-state index contributed by atoms with van der Waals surface area (Å²) in [5.41, 5.74) is 0.0977. The maximum absolute atomic E-state index is 13.3. The van der Waals surface area contributed by atoms with E-state index in [9.17, 15) is 14.5 Å². The minimum absolute atomic E-state index is 0.0563. The van der Waals surface area contributed by atoms with E-state index in [1.54, 1.807) is 0 Å². The van der Waals surface area contributed by atoms with E-state index in [0.717, 1.165) is 6.07 Å². The highest BCUT2D eigenvalue weighted by atomic mass is 19.1. The largest absolute Gasteiger partial charge is 0.305 e. The van der Waals surface area contributed by atoms with Gasteiger partial charge in [0.2, 0.25) is 5.82 Å². The number of nitro benzene ring substituents is 1. The van der Waals surface area contributed by atoms with E-state index < -0.39 is 16.4 Å². The summed E-state index contributed by atoms with van der Waals surface area (Å²) in [5.74, 6) is -0.859. The highest BCUT2D eigenvalue weighted by Gasteiger charge is 2.17. The summed E-state index contributed by atoms with van der Waals surface area (Å²) in [6, 6.07) is 4.35. The second-order valence-electron chi connectivity index (χ2n) is 2.77. The molecule has 0 aromatic heterocycles. The lowest BCUT2D eigenvalue weighted by Gasteiger charge is -2.02. The molecule has 0 amide bonds. The van der Waals surface area contributed by atoms with E-state index in [2.05, 4.69) is 0 Å². The third-order valence-corrected chi connectivity index (χ3v) is 1.94. The van der Waals surface area contributed by atoms with Crippen molar-refractivity contribution in [2.24, 2.45) is 0 Å². The summed E-state index contributed by atoms with van der Waals surface area (Å²) in [6.07, 6.45) is 0.0563. The summed E-state index contributed by atoms with van der Waals surface area (Å²) in [7, 11) is 0. The minimum Gasteiger partial charge on any atom is -0.258 e. The van der Waals surface area contributed by atoms with Gasteiger partial charge in [-0.3, -0.25) is 10.1 Å². The standard InChI is InChI=1S/C9H7FN2O2/c1-6-7(4-5-11)2-3-8(9(6)10)12(13)14/h2-3H,4H2,1H3. The van der Waals surface area contributed by atoms with E-state index in [4.69, 9.17) is 5.26 Å². The van der Waals surface area contributed by atoms with Crippen LogP contribution in [0.1, 0.15) is 11.1 Å². The van der Waals surface area contributed by atoms with Crippen LogP contribution < -0.4 is 0 Å². The van der Waals surface area contributed by atoms with Crippen molar-refractivity contribution in [2.45, 2.75) is 13.3 Å². The number of nitro groups is 1. The van der Waals surface area contributed by atoms with Crippen LogP contribution in [-0.2, 0) is 6.42 Å². The fraction of sp³-hybridized carbons (Fsp3) is 0.222. The Morgan fingerprint density at radius 3 is 2.79 bits per heavy atom. The first-order chi connectivity index (χ1) is 6.57. The molecule has 72 valence electrons. The van der Waals surface area contributed by atoms with Gasteiger partial charge in [-0.1, -0.05) is 6.07 Å². The van der Waals surface area contributed by atoms with Crippen molar-refractivity contribution in [1.29, 1.82) is 5.26 Å². The maximum Gasteiger partial charge on any atom is 0.305 e. The summed E-state index contributed by atoms with van der Waals surface area (Å²) >= 11 is 0. The Balaban J connectivity index is 3.27. The zero-order valence-corrected chi connectivity index (χ0v) is 7.45. The van der Waals surface area contributed by atoms with E-state index in [-0.39, 0.29) is 12.0 Å². The molecule has 14 heavy (non-hydrogen) atoms. The number of hydrogen-bond donors (Lipinski definition) is 0. The van der Waals surface area contributed by atoms with Gasteiger partial charge in [-0.2, -0.15) is 9.65 Å². The van der Waals surface area contributed by atoms with Gasteiger partial charge in [0.15, 0.2) is 0 Å². The topological polar surface area (TPSA) is 66.9 Å². The number of nitriles is 1. The normalized spacial score (nSPS) is 9.50. The zero-order chi connectivity index (χ0) is 10.7. The Kier molecular flexibility index (Phi) is 2.77. The van der Waals surface area contributed by atoms with Crippen LogP contribution in [0, 0.1) is 34.2 Å². The molecule has 0 radical (unpaired) electrons. The smallest absolute Gasteiger partial charge is 0.258 e. The highest BCUT2D eigenvalue weighted by molar-refractivity contribution is 5.42. The molecule has 0 N–H and O–H groups in total. The molecule has 0 aliphatic rings. The fourth-order valence-electron chi connectivity index (χ4n) is 1.13. The lowest BCUT2D eigenvalue weighted by molar-refractivity contribution is -0.387. The molecule has 0 atom stereocenters. The molecule has 1 aromatic rings. The zero-order valence-electron chi connectivity index (χ0n) is 7.45. The molecule has 0 bridgehead atoms. The molecule has 0 saturated carbocycles. The lowest BCUT2D eigenvalue weighted by Crippen LogP contribution is -1.98. The average Bonchev–Trinajstić information content (AvgIpc) is 2.13. The SMILES string of the molecule is Cc1c(CC#N)ccc([N+](=O)[O-])c1F. The Morgan fingerprint density at radius 1 is 1.64 bits per heavy atom. The van der Waals surface area contributed by atoms with Crippen molar-refractivity contribution < 1.29 is 9.31 Å². The first kappa shape index (κ1) is 10.1. The summed E-state index contributed by atoms with van der Waals surface area (Å²) in [5, 5.41) is 18.8. The molecule has 0 aliphatic heterocycles. The van der Waals surface area contributed by atoms with E-state index >= 15 is 0 Å². The quantitative estimate of drug-likeness (QED) is 0.534. The van der Waals surface area contributed by atoms with Crippen LogP contribution in [0.3, 0.4) is 0 Å². The lowest BCUT2D eigenvalue weighted by atomic mass is 10.1. The van der Waals surface area contributed by atoms with Crippen molar-refractivity contribution in [3.8, 4) is 6.07 Å². The second kappa shape index (κ2) is 3.83. The Bertz CT molecular complexity index is 424. The number of hydrogen-bond acceptors (Lipinski definition) is 3. The molecule has 4 nitrogen and oxygen atoms in total. The molecule has 0 fully saturated rings. The van der Waals surface area contributed by atoms with Gasteiger partial charge >= 0.3 is 5.69 Å². The van der Waals surface area contributed by atoms with Crippen LogP contribution >= 0.6 is 0 Å². The molecule has 1 rings (SSSR count). The third kappa shape index (κ3) is 1.69. The molecular weight excluding hydrogens is 187 g/mol. The number of benzene rings is 1. The number of halogens is 1. The number of rotatable bonds is 2. The van der Waals surface area contributed by atoms with Crippen LogP contribution in [0.25, 0.3) is 0 Å². The first-order valence-corrected chi connectivity index (χ1v) is 3.87. The first-order valence-electron chi connectivity index (χ1n) is 3.87. The monoisotopic (exact) mass is 194 g/mol. The van der Waals surface area contributed by atoms with Crippen LogP contribution in [0.2, 0.25) is 0 Å². The second-order valence-corrected chi connectivity index (χ2v) is 2.77. The van der Waals surface area contributed by atoms with E-state index in [0.29, 0.717) is 5.56 Å². The van der Waals surface area contributed by atoms with Crippen molar-refractivity contribution in [3.63, 3.8) is 0 Å². The molecule has 0 saturated heterocycles. The number of nitrogens with zero attached hydrogens (tertiary/aromatic N) is 2. The van der Waals surface area contributed by atoms with Gasteiger partial charge in [0.1, 0.15) is 0 Å². The third-order valence-electron chi connectivity index (χ3n) is 1.94. The minimum atomic E-state index is -0.859. The van der Waals surface area contributed by atoms with Gasteiger partial charge in [-0.15, -0.1) is 0 Å².